The number of para-hydroxylation sites is 1. The number of imidazole rings is 1. The number of amides is 1. The SMILES string of the molecule is C[C@@H](C(=O)N1CCCC1)S(=O)(=O)c1nc2c(n1-c1ccccc1)CCCC2. The van der Waals surface area contributed by atoms with E-state index in [0.29, 0.717) is 13.1 Å². The van der Waals surface area contributed by atoms with E-state index in [4.69, 9.17) is 0 Å². The number of nitrogens with zero attached hydrogens (tertiary/aromatic N) is 3. The van der Waals surface area contributed by atoms with Gasteiger partial charge in [0, 0.05) is 24.5 Å². The molecular formula is C20H25N3O3S. The fourth-order valence-corrected chi connectivity index (χ4v) is 5.47. The molecule has 0 spiro atoms. The van der Waals surface area contributed by atoms with Crippen LogP contribution in [0.15, 0.2) is 35.5 Å². The van der Waals surface area contributed by atoms with Gasteiger partial charge in [-0.1, -0.05) is 18.2 Å². The van der Waals surface area contributed by atoms with Crippen molar-refractivity contribution in [3.05, 3.63) is 41.7 Å². The Labute approximate surface area is 160 Å². The van der Waals surface area contributed by atoms with Crippen LogP contribution < -0.4 is 0 Å². The summed E-state index contributed by atoms with van der Waals surface area (Å²) in [6.45, 7) is 2.78. The number of carbonyl (C=O) groups excluding carboxylic acids is 1. The Hall–Kier alpha value is -2.15. The summed E-state index contributed by atoms with van der Waals surface area (Å²) < 4.78 is 28.6. The van der Waals surface area contributed by atoms with Crippen LogP contribution in [0.5, 0.6) is 0 Å². The number of aromatic nitrogens is 2. The summed E-state index contributed by atoms with van der Waals surface area (Å²) in [5.74, 6) is -0.312. The predicted octanol–water partition coefficient (Wildman–Crippen LogP) is 2.54. The number of benzene rings is 1. The molecular weight excluding hydrogens is 362 g/mol. The fourth-order valence-electron chi connectivity index (χ4n) is 4.04. The second kappa shape index (κ2) is 7.11. The maximum absolute atomic E-state index is 13.4. The van der Waals surface area contributed by atoms with Gasteiger partial charge < -0.3 is 4.90 Å². The van der Waals surface area contributed by atoms with Crippen molar-refractivity contribution in [3.8, 4) is 5.69 Å². The third-order valence-corrected chi connectivity index (χ3v) is 7.52. The van der Waals surface area contributed by atoms with Crippen LogP contribution in [0.4, 0.5) is 0 Å². The molecule has 0 bridgehead atoms. The van der Waals surface area contributed by atoms with E-state index < -0.39 is 15.1 Å². The van der Waals surface area contributed by atoms with Crippen molar-refractivity contribution in [2.45, 2.75) is 55.9 Å². The van der Waals surface area contributed by atoms with Crippen LogP contribution in [0.25, 0.3) is 5.69 Å². The lowest BCUT2D eigenvalue weighted by molar-refractivity contribution is -0.129. The van der Waals surface area contributed by atoms with Crippen LogP contribution in [0.1, 0.15) is 44.0 Å². The summed E-state index contributed by atoms with van der Waals surface area (Å²) in [5, 5.41) is -1.11. The summed E-state index contributed by atoms with van der Waals surface area (Å²) in [7, 11) is -3.89. The molecule has 1 saturated heterocycles. The molecule has 1 amide bonds. The van der Waals surface area contributed by atoms with E-state index in [2.05, 4.69) is 4.98 Å². The molecule has 2 heterocycles. The highest BCUT2D eigenvalue weighted by atomic mass is 32.2. The highest BCUT2D eigenvalue weighted by molar-refractivity contribution is 7.92. The van der Waals surface area contributed by atoms with E-state index in [1.807, 2.05) is 30.3 Å². The van der Waals surface area contributed by atoms with Crippen molar-refractivity contribution < 1.29 is 13.2 Å². The van der Waals surface area contributed by atoms with Gasteiger partial charge >= 0.3 is 0 Å². The fraction of sp³-hybridized carbons (Fsp3) is 0.500. The Bertz CT molecular complexity index is 944. The molecule has 1 aliphatic carbocycles. The molecule has 2 aromatic rings. The molecule has 1 atom stereocenters. The lowest BCUT2D eigenvalue weighted by Crippen LogP contribution is -2.40. The first-order valence-corrected chi connectivity index (χ1v) is 11.2. The van der Waals surface area contributed by atoms with E-state index in [-0.39, 0.29) is 11.1 Å². The molecule has 2 aliphatic rings. The normalized spacial score (nSPS) is 18.3. The van der Waals surface area contributed by atoms with Crippen molar-refractivity contribution in [1.29, 1.82) is 0 Å². The van der Waals surface area contributed by atoms with Crippen LogP contribution >= 0.6 is 0 Å². The van der Waals surface area contributed by atoms with Gasteiger partial charge in [-0.15, -0.1) is 0 Å². The molecule has 144 valence electrons. The van der Waals surface area contributed by atoms with E-state index in [0.717, 1.165) is 55.6 Å². The van der Waals surface area contributed by atoms with Gasteiger partial charge in [0.15, 0.2) is 0 Å². The number of hydrogen-bond donors (Lipinski definition) is 0. The summed E-state index contributed by atoms with van der Waals surface area (Å²) >= 11 is 0. The van der Waals surface area contributed by atoms with Gasteiger partial charge in [0.25, 0.3) is 0 Å². The standard InChI is InChI=1S/C20H25N3O3S/c1-15(19(24)22-13-7-8-14-22)27(25,26)20-21-17-11-5-6-12-18(17)23(20)16-9-3-2-4-10-16/h2-4,9-10,15H,5-8,11-14H2,1H3/t15-/m0/s1. The van der Waals surface area contributed by atoms with Gasteiger partial charge in [-0.05, 0) is 57.6 Å². The molecule has 1 fully saturated rings. The first-order chi connectivity index (χ1) is 13.0. The third-order valence-electron chi connectivity index (χ3n) is 5.60. The molecule has 7 heteroatoms. The van der Waals surface area contributed by atoms with Gasteiger partial charge in [-0.3, -0.25) is 9.36 Å². The molecule has 27 heavy (non-hydrogen) atoms. The second-order valence-corrected chi connectivity index (χ2v) is 9.55. The number of rotatable bonds is 4. The average molecular weight is 388 g/mol. The van der Waals surface area contributed by atoms with Gasteiger partial charge in [0.2, 0.25) is 20.9 Å². The summed E-state index contributed by atoms with van der Waals surface area (Å²) in [4.78, 5) is 19.0. The van der Waals surface area contributed by atoms with E-state index in [1.54, 1.807) is 9.47 Å². The van der Waals surface area contributed by atoms with Crippen molar-refractivity contribution in [2.75, 3.05) is 13.1 Å². The topological polar surface area (TPSA) is 72.3 Å². The second-order valence-electron chi connectivity index (χ2n) is 7.39. The summed E-state index contributed by atoms with van der Waals surface area (Å²) in [6, 6.07) is 9.46. The molecule has 0 N–H and O–H groups in total. The highest BCUT2D eigenvalue weighted by Gasteiger charge is 2.38. The Morgan fingerprint density at radius 1 is 1.04 bits per heavy atom. The third kappa shape index (κ3) is 3.18. The van der Waals surface area contributed by atoms with Crippen LogP contribution in [0, 0.1) is 0 Å². The van der Waals surface area contributed by atoms with Crippen LogP contribution in [-0.4, -0.2) is 47.1 Å². The van der Waals surface area contributed by atoms with Crippen LogP contribution in [0.3, 0.4) is 0 Å². The molecule has 0 saturated carbocycles. The molecule has 4 rings (SSSR count). The molecule has 0 radical (unpaired) electrons. The maximum atomic E-state index is 13.4. The summed E-state index contributed by atoms with van der Waals surface area (Å²) in [6.07, 6.45) is 5.50. The molecule has 1 aromatic carbocycles. The monoisotopic (exact) mass is 387 g/mol. The van der Waals surface area contributed by atoms with Crippen LogP contribution in [0.2, 0.25) is 0 Å². The van der Waals surface area contributed by atoms with Gasteiger partial charge in [0.1, 0.15) is 5.25 Å². The van der Waals surface area contributed by atoms with E-state index in [9.17, 15) is 13.2 Å². The average Bonchev–Trinajstić information content (AvgIpc) is 3.35. The minimum absolute atomic E-state index is 0.0145. The van der Waals surface area contributed by atoms with Crippen molar-refractivity contribution in [1.82, 2.24) is 14.5 Å². The number of fused-ring (bicyclic) bond motifs is 1. The first-order valence-electron chi connectivity index (χ1n) is 9.69. The zero-order chi connectivity index (χ0) is 19.0. The zero-order valence-electron chi connectivity index (χ0n) is 15.6. The van der Waals surface area contributed by atoms with Crippen molar-refractivity contribution >= 4 is 15.7 Å². The Morgan fingerprint density at radius 3 is 2.41 bits per heavy atom. The minimum Gasteiger partial charge on any atom is -0.342 e. The minimum atomic E-state index is -3.89. The Kier molecular flexibility index (Phi) is 4.80. The number of aryl methyl sites for hydroxylation is 1. The largest absolute Gasteiger partial charge is 0.342 e. The van der Waals surface area contributed by atoms with Crippen molar-refractivity contribution in [2.24, 2.45) is 0 Å². The highest BCUT2D eigenvalue weighted by Crippen LogP contribution is 2.30. The van der Waals surface area contributed by atoms with Crippen molar-refractivity contribution in [3.63, 3.8) is 0 Å². The number of likely N-dealkylation sites (tertiary alicyclic amines) is 1. The predicted molar refractivity (Wildman–Crippen MR) is 103 cm³/mol. The maximum Gasteiger partial charge on any atom is 0.241 e. The number of carbonyl (C=O) groups is 1. The van der Waals surface area contributed by atoms with E-state index >= 15 is 0 Å². The lowest BCUT2D eigenvalue weighted by Gasteiger charge is -2.21. The smallest absolute Gasteiger partial charge is 0.241 e. The summed E-state index contributed by atoms with van der Waals surface area (Å²) in [5.41, 5.74) is 2.60. The van der Waals surface area contributed by atoms with Gasteiger partial charge in [0.05, 0.1) is 5.69 Å². The zero-order valence-corrected chi connectivity index (χ0v) is 16.4. The van der Waals surface area contributed by atoms with Gasteiger partial charge in [-0.2, -0.15) is 0 Å². The molecule has 1 aliphatic heterocycles. The lowest BCUT2D eigenvalue weighted by atomic mass is 10.0. The first kappa shape index (κ1) is 18.2. The van der Waals surface area contributed by atoms with E-state index in [1.165, 1.54) is 6.92 Å². The Morgan fingerprint density at radius 2 is 1.70 bits per heavy atom. The quantitative estimate of drug-likeness (QED) is 0.808. The molecule has 1 aromatic heterocycles. The molecule has 0 unspecified atom stereocenters. The van der Waals surface area contributed by atoms with Crippen LogP contribution in [-0.2, 0) is 27.5 Å². The number of sulfone groups is 1. The number of hydrogen-bond acceptors (Lipinski definition) is 4. The Balaban J connectivity index is 1.80. The molecule has 6 nitrogen and oxygen atoms in total. The van der Waals surface area contributed by atoms with Gasteiger partial charge in [-0.25, -0.2) is 13.4 Å².